The van der Waals surface area contributed by atoms with Gasteiger partial charge in [0.05, 0.1) is 0 Å². The predicted molar refractivity (Wildman–Crippen MR) is 90.9 cm³/mol. The van der Waals surface area contributed by atoms with E-state index in [9.17, 15) is 9.59 Å². The van der Waals surface area contributed by atoms with E-state index in [4.69, 9.17) is 0 Å². The highest BCUT2D eigenvalue weighted by molar-refractivity contribution is 5.91. The van der Waals surface area contributed by atoms with Crippen LogP contribution in [0.25, 0.3) is 0 Å². The summed E-state index contributed by atoms with van der Waals surface area (Å²) in [6.45, 7) is 6.65. The number of rotatable bonds is 1. The maximum Gasteiger partial charge on any atom is 0.155 e. The number of carbonyl (C=O) groups excluding carboxylic acids is 2. The van der Waals surface area contributed by atoms with Crippen LogP contribution in [0.3, 0.4) is 0 Å². The molecule has 3 saturated carbocycles. The van der Waals surface area contributed by atoms with E-state index in [1.165, 1.54) is 31.3 Å². The first-order valence-corrected chi connectivity index (χ1v) is 9.60. The Bertz CT molecular complexity index is 589. The van der Waals surface area contributed by atoms with Crippen LogP contribution in [0.2, 0.25) is 0 Å². The van der Waals surface area contributed by atoms with Crippen LogP contribution in [0.1, 0.15) is 72.1 Å². The molecule has 0 amide bonds. The summed E-state index contributed by atoms with van der Waals surface area (Å²) in [4.78, 5) is 24.0. The number of fused-ring (bicyclic) bond motifs is 5. The number of hydrogen-bond acceptors (Lipinski definition) is 2. The van der Waals surface area contributed by atoms with Gasteiger partial charge in [0.25, 0.3) is 0 Å². The number of Topliss-reactive ketones (excluding diaryl/α,β-unsaturated/α-hetero) is 1. The third-order valence-electron chi connectivity index (χ3n) is 8.45. The minimum Gasteiger partial charge on any atom is -0.300 e. The number of hydrogen-bond donors (Lipinski definition) is 0. The van der Waals surface area contributed by atoms with Crippen LogP contribution >= 0.6 is 0 Å². The Kier molecular flexibility index (Phi) is 3.42. The maximum absolute atomic E-state index is 12.1. The van der Waals surface area contributed by atoms with Crippen LogP contribution in [0, 0.1) is 34.5 Å². The van der Waals surface area contributed by atoms with Crippen LogP contribution < -0.4 is 0 Å². The molecule has 0 N–H and O–H groups in total. The molecule has 2 nitrogen and oxygen atoms in total. The quantitative estimate of drug-likeness (QED) is 0.701. The summed E-state index contributed by atoms with van der Waals surface area (Å²) in [5, 5.41) is 0. The van der Waals surface area contributed by atoms with Gasteiger partial charge in [-0.2, -0.15) is 0 Å². The summed E-state index contributed by atoms with van der Waals surface area (Å²) in [6, 6.07) is 0. The largest absolute Gasteiger partial charge is 0.300 e. The van der Waals surface area contributed by atoms with Crippen molar-refractivity contribution in [3.8, 4) is 0 Å². The Morgan fingerprint density at radius 3 is 2.57 bits per heavy atom. The predicted octanol–water partition coefficient (Wildman–Crippen LogP) is 4.72. The van der Waals surface area contributed by atoms with Gasteiger partial charge in [-0.1, -0.05) is 19.4 Å². The Morgan fingerprint density at radius 1 is 1.04 bits per heavy atom. The first-order chi connectivity index (χ1) is 10.9. The van der Waals surface area contributed by atoms with Crippen LogP contribution in [0.5, 0.6) is 0 Å². The van der Waals surface area contributed by atoms with E-state index >= 15 is 0 Å². The van der Waals surface area contributed by atoms with E-state index in [1.807, 2.05) is 6.08 Å². The van der Waals surface area contributed by atoms with E-state index in [1.54, 1.807) is 6.92 Å². The van der Waals surface area contributed by atoms with Crippen molar-refractivity contribution in [2.75, 3.05) is 0 Å². The zero-order valence-corrected chi connectivity index (χ0v) is 14.9. The first kappa shape index (κ1) is 15.6. The van der Waals surface area contributed by atoms with Gasteiger partial charge in [-0.15, -0.1) is 0 Å². The minimum absolute atomic E-state index is 0.245. The van der Waals surface area contributed by atoms with Gasteiger partial charge in [-0.25, -0.2) is 0 Å². The Labute approximate surface area is 140 Å². The van der Waals surface area contributed by atoms with Gasteiger partial charge in [0, 0.05) is 12.3 Å². The lowest BCUT2D eigenvalue weighted by molar-refractivity contribution is -0.128. The molecule has 0 aliphatic heterocycles. The van der Waals surface area contributed by atoms with E-state index in [-0.39, 0.29) is 10.8 Å². The van der Waals surface area contributed by atoms with Crippen molar-refractivity contribution in [3.05, 3.63) is 11.6 Å². The van der Waals surface area contributed by atoms with Crippen LogP contribution in [0.15, 0.2) is 11.6 Å². The zero-order valence-electron chi connectivity index (χ0n) is 14.9. The van der Waals surface area contributed by atoms with Gasteiger partial charge in [0.15, 0.2) is 5.78 Å². The second kappa shape index (κ2) is 5.04. The Morgan fingerprint density at radius 2 is 1.83 bits per heavy atom. The van der Waals surface area contributed by atoms with Crippen molar-refractivity contribution in [2.24, 2.45) is 34.5 Å². The fourth-order valence-electron chi connectivity index (χ4n) is 7.23. The molecule has 4 aliphatic carbocycles. The zero-order chi connectivity index (χ0) is 16.4. The molecule has 0 unspecified atom stereocenters. The van der Waals surface area contributed by atoms with Gasteiger partial charge in [0.1, 0.15) is 5.78 Å². The smallest absolute Gasteiger partial charge is 0.155 e. The van der Waals surface area contributed by atoms with Crippen molar-refractivity contribution in [1.82, 2.24) is 0 Å². The molecule has 126 valence electrons. The van der Waals surface area contributed by atoms with Gasteiger partial charge in [-0.3, -0.25) is 9.59 Å². The molecule has 0 radical (unpaired) electrons. The van der Waals surface area contributed by atoms with Crippen molar-refractivity contribution in [2.45, 2.75) is 72.1 Å². The molecular weight excluding hydrogens is 284 g/mol. The highest BCUT2D eigenvalue weighted by Crippen LogP contribution is 2.66. The topological polar surface area (TPSA) is 34.1 Å². The third kappa shape index (κ3) is 2.06. The summed E-state index contributed by atoms with van der Waals surface area (Å²) in [7, 11) is 0. The molecule has 23 heavy (non-hydrogen) atoms. The second-order valence-corrected chi connectivity index (χ2v) is 9.25. The molecule has 0 aromatic carbocycles. The highest BCUT2D eigenvalue weighted by atomic mass is 16.1. The maximum atomic E-state index is 12.1. The monoisotopic (exact) mass is 314 g/mol. The number of allylic oxidation sites excluding steroid dienone is 1. The molecular formula is C21H30O2. The standard InChI is InChI=1S/C21H30O2/c1-13(22)17-6-7-18-16-5-4-14-12-15(23)8-10-20(14,2)19(16)9-11-21(17,18)3/h12,16-19H,4-11H2,1-3H3/t16-,17-,18-,19+,20-,21+/m1/s1. The van der Waals surface area contributed by atoms with E-state index in [0.29, 0.717) is 17.5 Å². The lowest BCUT2D eigenvalue weighted by Gasteiger charge is -2.58. The molecule has 0 bridgehead atoms. The minimum atomic E-state index is 0.245. The van der Waals surface area contributed by atoms with E-state index in [2.05, 4.69) is 13.8 Å². The summed E-state index contributed by atoms with van der Waals surface area (Å²) in [5.41, 5.74) is 1.95. The Hall–Kier alpha value is -0.920. The average Bonchev–Trinajstić information content (AvgIpc) is 2.85. The average molecular weight is 314 g/mol. The SMILES string of the molecule is CC(=O)[C@H]1CC[C@@H]2[C@H]3CCC4=CC(=O)CC[C@@]4(C)[C@H]3CC[C@@]12C. The molecule has 0 spiro atoms. The summed E-state index contributed by atoms with van der Waals surface area (Å²) < 4.78 is 0. The van der Waals surface area contributed by atoms with Crippen molar-refractivity contribution in [3.63, 3.8) is 0 Å². The van der Waals surface area contributed by atoms with Gasteiger partial charge < -0.3 is 0 Å². The summed E-state index contributed by atoms with van der Waals surface area (Å²) >= 11 is 0. The van der Waals surface area contributed by atoms with E-state index in [0.717, 1.165) is 43.4 Å². The molecule has 0 aromatic rings. The lowest BCUT2D eigenvalue weighted by Crippen LogP contribution is -2.51. The number of ketones is 2. The molecule has 3 fully saturated rings. The lowest BCUT2D eigenvalue weighted by atomic mass is 9.47. The molecule has 4 aliphatic rings. The van der Waals surface area contributed by atoms with Crippen molar-refractivity contribution < 1.29 is 9.59 Å². The van der Waals surface area contributed by atoms with E-state index < -0.39 is 0 Å². The molecule has 4 rings (SSSR count). The van der Waals surface area contributed by atoms with Crippen LogP contribution in [-0.4, -0.2) is 11.6 Å². The molecule has 0 heterocycles. The van der Waals surface area contributed by atoms with Gasteiger partial charge in [-0.05, 0) is 86.5 Å². The molecule has 0 aromatic heterocycles. The summed E-state index contributed by atoms with van der Waals surface area (Å²) in [5.74, 6) is 3.29. The molecule has 6 atom stereocenters. The fourth-order valence-corrected chi connectivity index (χ4v) is 7.23. The third-order valence-corrected chi connectivity index (χ3v) is 8.45. The normalized spacial score (nSPS) is 49.0. The molecule has 0 saturated heterocycles. The fraction of sp³-hybridized carbons (Fsp3) is 0.810. The van der Waals surface area contributed by atoms with Gasteiger partial charge >= 0.3 is 0 Å². The molecule has 2 heteroatoms. The summed E-state index contributed by atoms with van der Waals surface area (Å²) in [6.07, 6.45) is 10.9. The van der Waals surface area contributed by atoms with Crippen molar-refractivity contribution in [1.29, 1.82) is 0 Å². The van der Waals surface area contributed by atoms with Crippen molar-refractivity contribution >= 4 is 11.6 Å². The van der Waals surface area contributed by atoms with Crippen LogP contribution in [0.4, 0.5) is 0 Å². The van der Waals surface area contributed by atoms with Gasteiger partial charge in [0.2, 0.25) is 0 Å². The second-order valence-electron chi connectivity index (χ2n) is 9.25. The number of carbonyl (C=O) groups is 2. The van der Waals surface area contributed by atoms with Crippen LogP contribution in [-0.2, 0) is 9.59 Å². The Balaban J connectivity index is 1.67. The first-order valence-electron chi connectivity index (χ1n) is 9.60. The highest BCUT2D eigenvalue weighted by Gasteiger charge is 2.59.